The number of piperazine rings is 1. The molecule has 1 amide bonds. The van der Waals surface area contributed by atoms with Crippen molar-refractivity contribution in [3.63, 3.8) is 0 Å². The lowest BCUT2D eigenvalue weighted by Crippen LogP contribution is -2.47. The van der Waals surface area contributed by atoms with Gasteiger partial charge in [-0.3, -0.25) is 9.69 Å². The van der Waals surface area contributed by atoms with Crippen molar-refractivity contribution in [1.82, 2.24) is 15.1 Å². The molecule has 1 saturated heterocycles. The molecular formula is C13H23N3O3. The first-order valence-electron chi connectivity index (χ1n) is 6.51. The minimum absolute atomic E-state index is 0.0945. The molecule has 6 nitrogen and oxygen atoms in total. The molecule has 2 N–H and O–H groups in total. The Morgan fingerprint density at radius 3 is 2.21 bits per heavy atom. The number of rotatable bonds is 5. The summed E-state index contributed by atoms with van der Waals surface area (Å²) in [5, 5.41) is 11.6. The lowest BCUT2D eigenvalue weighted by atomic mass is 10.1. The summed E-state index contributed by atoms with van der Waals surface area (Å²) in [4.78, 5) is 27.0. The summed E-state index contributed by atoms with van der Waals surface area (Å²) < 4.78 is 0. The van der Waals surface area contributed by atoms with E-state index in [9.17, 15) is 9.59 Å². The smallest absolute Gasteiger partial charge is 0.331 e. The van der Waals surface area contributed by atoms with Crippen molar-refractivity contribution >= 4 is 11.9 Å². The molecule has 0 aromatic rings. The number of carboxylic acid groups (broad SMARTS) is 1. The van der Waals surface area contributed by atoms with Gasteiger partial charge in [-0.1, -0.05) is 0 Å². The molecule has 0 radical (unpaired) electrons. The van der Waals surface area contributed by atoms with Gasteiger partial charge in [0.05, 0.1) is 0 Å². The number of amides is 1. The SMILES string of the molecule is CC(C(=O)O)=C(C)C(=O)NCCN1CCN(C)CC1. The summed E-state index contributed by atoms with van der Waals surface area (Å²) in [6.07, 6.45) is 0. The van der Waals surface area contributed by atoms with E-state index in [1.165, 1.54) is 13.8 Å². The number of carbonyl (C=O) groups is 2. The molecule has 0 unspecified atom stereocenters. The zero-order chi connectivity index (χ0) is 14.4. The standard InChI is InChI=1S/C13H23N3O3/c1-10(11(2)13(18)19)12(17)14-4-5-16-8-6-15(3)7-9-16/h4-9H2,1-3H3,(H,14,17)(H,18,19). The molecule has 6 heteroatoms. The first kappa shape index (κ1) is 15.7. The molecule has 19 heavy (non-hydrogen) atoms. The fourth-order valence-electron chi connectivity index (χ4n) is 1.86. The van der Waals surface area contributed by atoms with Gasteiger partial charge in [0.25, 0.3) is 0 Å². The predicted molar refractivity (Wildman–Crippen MR) is 73.0 cm³/mol. The van der Waals surface area contributed by atoms with E-state index in [1.54, 1.807) is 0 Å². The molecule has 1 fully saturated rings. The van der Waals surface area contributed by atoms with Crippen LogP contribution in [0.25, 0.3) is 0 Å². The Morgan fingerprint density at radius 1 is 1.11 bits per heavy atom. The van der Waals surface area contributed by atoms with E-state index in [4.69, 9.17) is 5.11 Å². The maximum atomic E-state index is 11.7. The van der Waals surface area contributed by atoms with Crippen molar-refractivity contribution in [3.05, 3.63) is 11.1 Å². The van der Waals surface area contributed by atoms with Gasteiger partial charge in [0.1, 0.15) is 0 Å². The summed E-state index contributed by atoms with van der Waals surface area (Å²) >= 11 is 0. The lowest BCUT2D eigenvalue weighted by Gasteiger charge is -2.32. The van der Waals surface area contributed by atoms with Gasteiger partial charge in [-0.25, -0.2) is 4.79 Å². The lowest BCUT2D eigenvalue weighted by molar-refractivity contribution is -0.133. The van der Waals surface area contributed by atoms with Crippen molar-refractivity contribution in [2.24, 2.45) is 0 Å². The highest BCUT2D eigenvalue weighted by molar-refractivity contribution is 6.01. The van der Waals surface area contributed by atoms with Gasteiger partial charge in [-0.2, -0.15) is 0 Å². The molecular weight excluding hydrogens is 246 g/mol. The summed E-state index contributed by atoms with van der Waals surface area (Å²) in [6, 6.07) is 0. The molecule has 1 heterocycles. The number of nitrogens with zero attached hydrogens (tertiary/aromatic N) is 2. The molecule has 0 saturated carbocycles. The van der Waals surface area contributed by atoms with Crippen molar-refractivity contribution in [1.29, 1.82) is 0 Å². The molecule has 0 bridgehead atoms. The zero-order valence-corrected chi connectivity index (χ0v) is 11.9. The molecule has 108 valence electrons. The van der Waals surface area contributed by atoms with E-state index in [0.717, 1.165) is 32.7 Å². The predicted octanol–water partition coefficient (Wildman–Crippen LogP) is -0.229. The summed E-state index contributed by atoms with van der Waals surface area (Å²) in [7, 11) is 2.10. The molecule has 1 rings (SSSR count). The molecule has 0 aliphatic carbocycles. The monoisotopic (exact) mass is 269 g/mol. The van der Waals surface area contributed by atoms with Crippen molar-refractivity contribution in [2.75, 3.05) is 46.3 Å². The van der Waals surface area contributed by atoms with Crippen molar-refractivity contribution < 1.29 is 14.7 Å². The van der Waals surface area contributed by atoms with E-state index in [2.05, 4.69) is 22.2 Å². The number of hydrogen-bond acceptors (Lipinski definition) is 4. The average Bonchev–Trinajstić information content (AvgIpc) is 2.39. The fourth-order valence-corrected chi connectivity index (χ4v) is 1.86. The third-order valence-corrected chi connectivity index (χ3v) is 3.53. The Labute approximate surface area is 114 Å². The highest BCUT2D eigenvalue weighted by Crippen LogP contribution is 2.03. The van der Waals surface area contributed by atoms with Crippen LogP contribution in [0, 0.1) is 0 Å². The minimum atomic E-state index is -1.05. The summed E-state index contributed by atoms with van der Waals surface area (Å²) in [5.74, 6) is -1.35. The molecule has 1 aliphatic heterocycles. The third kappa shape index (κ3) is 5.00. The number of hydrogen-bond donors (Lipinski definition) is 2. The molecule has 0 atom stereocenters. The maximum absolute atomic E-state index is 11.7. The zero-order valence-electron chi connectivity index (χ0n) is 11.9. The first-order valence-corrected chi connectivity index (χ1v) is 6.51. The average molecular weight is 269 g/mol. The van der Waals surface area contributed by atoms with Crippen LogP contribution < -0.4 is 5.32 Å². The van der Waals surface area contributed by atoms with Gasteiger partial charge < -0.3 is 15.3 Å². The number of likely N-dealkylation sites (N-methyl/N-ethyl adjacent to an activating group) is 1. The van der Waals surface area contributed by atoms with E-state index in [-0.39, 0.29) is 17.1 Å². The second-order valence-electron chi connectivity index (χ2n) is 4.96. The largest absolute Gasteiger partial charge is 0.478 e. The Hall–Kier alpha value is -1.40. The first-order chi connectivity index (χ1) is 8.91. The second kappa shape index (κ2) is 7.25. The topological polar surface area (TPSA) is 72.9 Å². The van der Waals surface area contributed by atoms with Crippen LogP contribution in [0.5, 0.6) is 0 Å². The molecule has 0 aromatic carbocycles. The Kier molecular flexibility index (Phi) is 5.98. The highest BCUT2D eigenvalue weighted by Gasteiger charge is 2.15. The van der Waals surface area contributed by atoms with Crippen molar-refractivity contribution in [2.45, 2.75) is 13.8 Å². The second-order valence-corrected chi connectivity index (χ2v) is 4.96. The van der Waals surface area contributed by atoms with E-state index in [0.29, 0.717) is 6.54 Å². The summed E-state index contributed by atoms with van der Waals surface area (Å²) in [6.45, 7) is 8.44. The molecule has 0 aromatic heterocycles. The van der Waals surface area contributed by atoms with Crippen LogP contribution >= 0.6 is 0 Å². The van der Waals surface area contributed by atoms with Gasteiger partial charge in [-0.15, -0.1) is 0 Å². The van der Waals surface area contributed by atoms with Gasteiger partial charge in [-0.05, 0) is 20.9 Å². The normalized spacial score (nSPS) is 18.9. The molecule has 0 spiro atoms. The highest BCUT2D eigenvalue weighted by atomic mass is 16.4. The third-order valence-electron chi connectivity index (χ3n) is 3.53. The van der Waals surface area contributed by atoms with Crippen LogP contribution in [-0.4, -0.2) is 73.1 Å². The fraction of sp³-hybridized carbons (Fsp3) is 0.692. The molecule has 1 aliphatic rings. The van der Waals surface area contributed by atoms with Gasteiger partial charge >= 0.3 is 5.97 Å². The van der Waals surface area contributed by atoms with E-state index < -0.39 is 5.97 Å². The van der Waals surface area contributed by atoms with Gasteiger partial charge in [0.15, 0.2) is 0 Å². The number of nitrogens with one attached hydrogen (secondary N) is 1. The van der Waals surface area contributed by atoms with E-state index >= 15 is 0 Å². The Bertz CT molecular complexity index is 371. The maximum Gasteiger partial charge on any atom is 0.331 e. The Balaban J connectivity index is 2.31. The van der Waals surface area contributed by atoms with Crippen LogP contribution in [0.1, 0.15) is 13.8 Å². The number of carboxylic acids is 1. The van der Waals surface area contributed by atoms with Crippen LogP contribution in [-0.2, 0) is 9.59 Å². The quantitative estimate of drug-likeness (QED) is 0.675. The number of carbonyl (C=O) groups excluding carboxylic acids is 1. The van der Waals surface area contributed by atoms with Crippen LogP contribution in [0.15, 0.2) is 11.1 Å². The van der Waals surface area contributed by atoms with Crippen molar-refractivity contribution in [3.8, 4) is 0 Å². The summed E-state index contributed by atoms with van der Waals surface area (Å²) in [5.41, 5.74) is 0.364. The minimum Gasteiger partial charge on any atom is -0.478 e. The van der Waals surface area contributed by atoms with Gasteiger partial charge in [0.2, 0.25) is 5.91 Å². The Morgan fingerprint density at radius 2 is 1.68 bits per heavy atom. The van der Waals surface area contributed by atoms with Crippen LogP contribution in [0.3, 0.4) is 0 Å². The van der Waals surface area contributed by atoms with Gasteiger partial charge in [0, 0.05) is 50.4 Å². The van der Waals surface area contributed by atoms with Crippen LogP contribution in [0.2, 0.25) is 0 Å². The number of aliphatic carboxylic acids is 1. The van der Waals surface area contributed by atoms with Crippen LogP contribution in [0.4, 0.5) is 0 Å². The van der Waals surface area contributed by atoms with E-state index in [1.807, 2.05) is 0 Å².